The lowest BCUT2D eigenvalue weighted by atomic mass is 9.99. The molecule has 2 nitrogen and oxygen atoms in total. The maximum Gasteiger partial charge on any atom is 0.193 e. The molecule has 1 aliphatic rings. The molecule has 3 heteroatoms. The quantitative estimate of drug-likeness (QED) is 0.778. The van der Waals surface area contributed by atoms with E-state index in [9.17, 15) is 4.79 Å². The van der Waals surface area contributed by atoms with Gasteiger partial charge in [0.2, 0.25) is 0 Å². The Hall–Kier alpha value is -1.80. The van der Waals surface area contributed by atoms with Crippen LogP contribution in [-0.2, 0) is 0 Å². The van der Waals surface area contributed by atoms with Crippen molar-refractivity contribution in [2.45, 2.75) is 25.9 Å². The number of hydrogen-bond donors (Lipinski definition) is 0. The van der Waals surface area contributed by atoms with Crippen molar-refractivity contribution in [3.05, 3.63) is 64.2 Å². The van der Waals surface area contributed by atoms with E-state index in [-0.39, 0.29) is 5.78 Å². The van der Waals surface area contributed by atoms with Crippen LogP contribution in [0.15, 0.2) is 42.5 Å². The number of ketones is 1. The average Bonchev–Trinajstić information content (AvgIpc) is 3.22. The first-order chi connectivity index (χ1) is 9.63. The summed E-state index contributed by atoms with van der Waals surface area (Å²) in [4.78, 5) is 12.5. The summed E-state index contributed by atoms with van der Waals surface area (Å²) in [5.41, 5.74) is 2.21. The van der Waals surface area contributed by atoms with Gasteiger partial charge >= 0.3 is 0 Å². The molecule has 0 aromatic heterocycles. The fourth-order valence-corrected chi connectivity index (χ4v) is 2.35. The van der Waals surface area contributed by atoms with E-state index in [1.807, 2.05) is 31.2 Å². The maximum atomic E-state index is 12.5. The van der Waals surface area contributed by atoms with Gasteiger partial charge in [0, 0.05) is 16.1 Å². The van der Waals surface area contributed by atoms with Crippen LogP contribution in [0.4, 0.5) is 0 Å². The summed E-state index contributed by atoms with van der Waals surface area (Å²) in [5, 5.41) is 0.643. The van der Waals surface area contributed by atoms with Crippen LogP contribution in [0.5, 0.6) is 5.75 Å². The molecule has 1 aliphatic carbocycles. The minimum Gasteiger partial charge on any atom is -0.490 e. The number of hydrogen-bond acceptors (Lipinski definition) is 2. The standard InChI is InChI=1S/C17H15ClO2/c1-11-9-13(18)5-8-16(11)17(19)12-3-2-4-15(10-12)20-14-6-7-14/h2-5,8-10,14H,6-7H2,1H3. The molecule has 3 rings (SSSR count). The second-order valence-corrected chi connectivity index (χ2v) is 5.57. The van der Waals surface area contributed by atoms with E-state index >= 15 is 0 Å². The smallest absolute Gasteiger partial charge is 0.193 e. The molecule has 2 aromatic rings. The summed E-state index contributed by atoms with van der Waals surface area (Å²) in [6.07, 6.45) is 2.54. The summed E-state index contributed by atoms with van der Waals surface area (Å²) >= 11 is 5.93. The lowest BCUT2D eigenvalue weighted by molar-refractivity contribution is 0.103. The lowest BCUT2D eigenvalue weighted by Crippen LogP contribution is -2.04. The Balaban J connectivity index is 1.89. The monoisotopic (exact) mass is 286 g/mol. The minimum atomic E-state index is 0.000383. The van der Waals surface area contributed by atoms with E-state index in [0.29, 0.717) is 22.3 Å². The third-order valence-electron chi connectivity index (χ3n) is 3.36. The number of halogens is 1. The fraction of sp³-hybridized carbons (Fsp3) is 0.235. The van der Waals surface area contributed by atoms with Crippen molar-refractivity contribution < 1.29 is 9.53 Å². The molecule has 1 fully saturated rings. The molecule has 0 amide bonds. The molecule has 0 spiro atoms. The Kier molecular flexibility index (Phi) is 3.49. The Morgan fingerprint density at radius 1 is 1.20 bits per heavy atom. The summed E-state index contributed by atoms with van der Waals surface area (Å²) in [7, 11) is 0. The first kappa shape index (κ1) is 13.2. The molecule has 2 aromatic carbocycles. The van der Waals surface area contributed by atoms with E-state index in [4.69, 9.17) is 16.3 Å². The van der Waals surface area contributed by atoms with Gasteiger partial charge in [0.15, 0.2) is 5.78 Å². The molecule has 0 radical (unpaired) electrons. The van der Waals surface area contributed by atoms with Crippen LogP contribution < -0.4 is 4.74 Å². The normalized spacial score (nSPS) is 14.1. The van der Waals surface area contributed by atoms with Crippen molar-refractivity contribution in [2.75, 3.05) is 0 Å². The van der Waals surface area contributed by atoms with Gasteiger partial charge < -0.3 is 4.74 Å². The van der Waals surface area contributed by atoms with E-state index < -0.39 is 0 Å². The molecule has 1 saturated carbocycles. The minimum absolute atomic E-state index is 0.000383. The summed E-state index contributed by atoms with van der Waals surface area (Å²) < 4.78 is 5.73. The van der Waals surface area contributed by atoms with Crippen molar-refractivity contribution in [3.63, 3.8) is 0 Å². The molecule has 0 saturated heterocycles. The molecule has 0 unspecified atom stereocenters. The molecule has 0 bridgehead atoms. The van der Waals surface area contributed by atoms with Crippen LogP contribution in [0.1, 0.15) is 34.3 Å². The van der Waals surface area contributed by atoms with Gasteiger partial charge in [-0.3, -0.25) is 4.79 Å². The Labute approximate surface area is 123 Å². The number of rotatable bonds is 4. The van der Waals surface area contributed by atoms with E-state index in [2.05, 4.69) is 0 Å². The van der Waals surface area contributed by atoms with E-state index in [1.54, 1.807) is 18.2 Å². The molecular weight excluding hydrogens is 272 g/mol. The Morgan fingerprint density at radius 2 is 2.00 bits per heavy atom. The highest BCUT2D eigenvalue weighted by molar-refractivity contribution is 6.30. The number of carbonyl (C=O) groups excluding carboxylic acids is 1. The van der Waals surface area contributed by atoms with Crippen molar-refractivity contribution in [2.24, 2.45) is 0 Å². The zero-order valence-corrected chi connectivity index (χ0v) is 12.0. The number of aryl methyl sites for hydroxylation is 1. The maximum absolute atomic E-state index is 12.5. The average molecular weight is 287 g/mol. The van der Waals surface area contributed by atoms with Crippen LogP contribution in [0.2, 0.25) is 5.02 Å². The lowest BCUT2D eigenvalue weighted by Gasteiger charge is -2.08. The summed E-state index contributed by atoms with van der Waals surface area (Å²) in [5.74, 6) is 0.769. The molecule has 0 N–H and O–H groups in total. The van der Waals surface area contributed by atoms with E-state index in [0.717, 1.165) is 24.2 Å². The zero-order chi connectivity index (χ0) is 14.1. The molecule has 102 valence electrons. The predicted octanol–water partition coefficient (Wildman–Crippen LogP) is 4.42. The molecule has 20 heavy (non-hydrogen) atoms. The molecule has 0 aliphatic heterocycles. The third-order valence-corrected chi connectivity index (χ3v) is 3.59. The first-order valence-electron chi connectivity index (χ1n) is 6.71. The van der Waals surface area contributed by atoms with Gasteiger partial charge in [0.25, 0.3) is 0 Å². The summed E-state index contributed by atoms with van der Waals surface area (Å²) in [6.45, 7) is 1.89. The second-order valence-electron chi connectivity index (χ2n) is 5.13. The fourth-order valence-electron chi connectivity index (χ4n) is 2.13. The van der Waals surface area contributed by atoms with Gasteiger partial charge in [0.05, 0.1) is 6.10 Å². The van der Waals surface area contributed by atoms with Crippen LogP contribution in [0.3, 0.4) is 0 Å². The van der Waals surface area contributed by atoms with Crippen molar-refractivity contribution >= 4 is 17.4 Å². The van der Waals surface area contributed by atoms with Crippen LogP contribution in [-0.4, -0.2) is 11.9 Å². The second kappa shape index (κ2) is 5.29. The molecule has 0 atom stereocenters. The zero-order valence-electron chi connectivity index (χ0n) is 11.2. The van der Waals surface area contributed by atoms with E-state index in [1.165, 1.54) is 0 Å². The highest BCUT2D eigenvalue weighted by atomic mass is 35.5. The molecule has 0 heterocycles. The Bertz CT molecular complexity index is 660. The largest absolute Gasteiger partial charge is 0.490 e. The highest BCUT2D eigenvalue weighted by Gasteiger charge is 2.23. The third kappa shape index (κ3) is 2.86. The number of carbonyl (C=O) groups is 1. The van der Waals surface area contributed by atoms with Gasteiger partial charge in [-0.2, -0.15) is 0 Å². The number of ether oxygens (including phenoxy) is 1. The number of benzene rings is 2. The van der Waals surface area contributed by atoms with Gasteiger partial charge in [-0.1, -0.05) is 23.7 Å². The van der Waals surface area contributed by atoms with Gasteiger partial charge in [-0.05, 0) is 55.7 Å². The summed E-state index contributed by atoms with van der Waals surface area (Å²) in [6, 6.07) is 12.7. The predicted molar refractivity (Wildman–Crippen MR) is 79.7 cm³/mol. The van der Waals surface area contributed by atoms with Gasteiger partial charge in [0.1, 0.15) is 5.75 Å². The van der Waals surface area contributed by atoms with Crippen molar-refractivity contribution in [1.29, 1.82) is 0 Å². The SMILES string of the molecule is Cc1cc(Cl)ccc1C(=O)c1cccc(OC2CC2)c1. The van der Waals surface area contributed by atoms with Gasteiger partial charge in [-0.15, -0.1) is 0 Å². The van der Waals surface area contributed by atoms with Crippen LogP contribution >= 0.6 is 11.6 Å². The van der Waals surface area contributed by atoms with Crippen LogP contribution in [0.25, 0.3) is 0 Å². The first-order valence-corrected chi connectivity index (χ1v) is 7.09. The topological polar surface area (TPSA) is 26.3 Å². The van der Waals surface area contributed by atoms with Crippen LogP contribution in [0, 0.1) is 6.92 Å². The Morgan fingerprint density at radius 3 is 2.70 bits per heavy atom. The highest BCUT2D eigenvalue weighted by Crippen LogP contribution is 2.28. The van der Waals surface area contributed by atoms with Gasteiger partial charge in [-0.25, -0.2) is 0 Å². The molecular formula is C17H15ClO2. The van der Waals surface area contributed by atoms with Crippen molar-refractivity contribution in [1.82, 2.24) is 0 Å². The van der Waals surface area contributed by atoms with Crippen molar-refractivity contribution in [3.8, 4) is 5.75 Å².